The van der Waals surface area contributed by atoms with E-state index in [1.807, 2.05) is 24.5 Å². The third-order valence-electron chi connectivity index (χ3n) is 3.03. The number of nitrogens with zero attached hydrogens (tertiary/aromatic N) is 2. The van der Waals surface area contributed by atoms with Gasteiger partial charge in [0.2, 0.25) is 0 Å². The van der Waals surface area contributed by atoms with Gasteiger partial charge < -0.3 is 4.98 Å². The lowest BCUT2D eigenvalue weighted by atomic mass is 10.0. The third kappa shape index (κ3) is 1.74. The van der Waals surface area contributed by atoms with Gasteiger partial charge in [-0.15, -0.1) is 0 Å². The normalized spacial score (nSPS) is 10.4. The highest BCUT2D eigenvalue weighted by Crippen LogP contribution is 2.25. The molecule has 0 saturated heterocycles. The Morgan fingerprint density at radius 3 is 2.94 bits per heavy atom. The summed E-state index contributed by atoms with van der Waals surface area (Å²) in [6, 6.07) is 12.3. The summed E-state index contributed by atoms with van der Waals surface area (Å²) in [4.78, 5) is 7.33. The number of aromatic nitrogens is 2. The van der Waals surface area contributed by atoms with E-state index < -0.39 is 0 Å². The number of hydrogen-bond acceptors (Lipinski definition) is 2. The van der Waals surface area contributed by atoms with E-state index in [1.165, 1.54) is 0 Å². The predicted octanol–water partition coefficient (Wildman–Crippen LogP) is 3.30. The summed E-state index contributed by atoms with van der Waals surface area (Å²) in [7, 11) is 0. The first kappa shape index (κ1) is 10.5. The molecular formula is C15H11N3. The van der Waals surface area contributed by atoms with Gasteiger partial charge in [0, 0.05) is 35.1 Å². The SMILES string of the molecule is N#CCc1c[nH]c2cc(-c3cccnc3)ccc12. The Morgan fingerprint density at radius 1 is 1.22 bits per heavy atom. The second-order valence-electron chi connectivity index (χ2n) is 4.15. The molecule has 0 atom stereocenters. The van der Waals surface area contributed by atoms with Crippen LogP contribution in [-0.4, -0.2) is 9.97 Å². The van der Waals surface area contributed by atoms with Crippen molar-refractivity contribution in [3.63, 3.8) is 0 Å². The molecule has 0 spiro atoms. The number of nitrogens with one attached hydrogen (secondary N) is 1. The van der Waals surface area contributed by atoms with Crippen molar-refractivity contribution in [3.05, 3.63) is 54.5 Å². The van der Waals surface area contributed by atoms with Gasteiger partial charge in [-0.25, -0.2) is 0 Å². The standard InChI is InChI=1S/C15H11N3/c16-6-5-13-10-18-15-8-11(3-4-14(13)15)12-2-1-7-17-9-12/h1-4,7-10,18H,5H2. The topological polar surface area (TPSA) is 52.5 Å². The van der Waals surface area contributed by atoms with Gasteiger partial charge in [-0.2, -0.15) is 5.26 Å². The van der Waals surface area contributed by atoms with Crippen molar-refractivity contribution in [3.8, 4) is 17.2 Å². The summed E-state index contributed by atoms with van der Waals surface area (Å²) in [5.74, 6) is 0. The van der Waals surface area contributed by atoms with E-state index in [9.17, 15) is 0 Å². The lowest BCUT2D eigenvalue weighted by Crippen LogP contribution is -1.81. The summed E-state index contributed by atoms with van der Waals surface area (Å²) >= 11 is 0. The van der Waals surface area contributed by atoms with Gasteiger partial charge in [-0.05, 0) is 23.3 Å². The molecule has 0 bridgehead atoms. The van der Waals surface area contributed by atoms with E-state index in [0.29, 0.717) is 6.42 Å². The maximum absolute atomic E-state index is 8.76. The van der Waals surface area contributed by atoms with Crippen LogP contribution in [0.25, 0.3) is 22.0 Å². The number of fused-ring (bicyclic) bond motifs is 1. The van der Waals surface area contributed by atoms with E-state index in [1.54, 1.807) is 6.20 Å². The number of pyridine rings is 1. The molecule has 1 N–H and O–H groups in total. The van der Waals surface area contributed by atoms with Gasteiger partial charge in [0.15, 0.2) is 0 Å². The molecule has 3 rings (SSSR count). The Kier molecular flexibility index (Phi) is 2.54. The zero-order valence-corrected chi connectivity index (χ0v) is 9.72. The Hall–Kier alpha value is -2.60. The average molecular weight is 233 g/mol. The molecule has 0 saturated carbocycles. The zero-order valence-electron chi connectivity index (χ0n) is 9.72. The van der Waals surface area contributed by atoms with Gasteiger partial charge >= 0.3 is 0 Å². The number of benzene rings is 1. The van der Waals surface area contributed by atoms with E-state index in [0.717, 1.165) is 27.6 Å². The Balaban J connectivity index is 2.11. The van der Waals surface area contributed by atoms with Crippen molar-refractivity contribution in [2.24, 2.45) is 0 Å². The molecule has 2 aromatic heterocycles. The first-order chi connectivity index (χ1) is 8.88. The molecule has 0 unspecified atom stereocenters. The minimum absolute atomic E-state index is 0.437. The average Bonchev–Trinajstić information content (AvgIpc) is 2.83. The van der Waals surface area contributed by atoms with Crippen molar-refractivity contribution in [1.82, 2.24) is 9.97 Å². The van der Waals surface area contributed by atoms with Gasteiger partial charge in [0.1, 0.15) is 0 Å². The molecule has 0 aliphatic carbocycles. The Labute approximate surface area is 105 Å². The zero-order chi connectivity index (χ0) is 12.4. The van der Waals surface area contributed by atoms with E-state index in [4.69, 9.17) is 5.26 Å². The molecule has 0 aliphatic rings. The van der Waals surface area contributed by atoms with E-state index in [-0.39, 0.29) is 0 Å². The summed E-state index contributed by atoms with van der Waals surface area (Å²) in [6.07, 6.45) is 5.95. The first-order valence-electron chi connectivity index (χ1n) is 5.76. The summed E-state index contributed by atoms with van der Waals surface area (Å²) in [5.41, 5.74) is 4.32. The van der Waals surface area contributed by atoms with E-state index in [2.05, 4.69) is 34.2 Å². The van der Waals surface area contributed by atoms with Gasteiger partial charge in [0.25, 0.3) is 0 Å². The first-order valence-corrected chi connectivity index (χ1v) is 5.76. The van der Waals surface area contributed by atoms with Crippen LogP contribution in [0.5, 0.6) is 0 Å². The van der Waals surface area contributed by atoms with Gasteiger partial charge in [-0.1, -0.05) is 18.2 Å². The van der Waals surface area contributed by atoms with Crippen LogP contribution in [0.1, 0.15) is 5.56 Å². The number of aromatic amines is 1. The number of hydrogen-bond donors (Lipinski definition) is 1. The predicted molar refractivity (Wildman–Crippen MR) is 70.8 cm³/mol. The van der Waals surface area contributed by atoms with Crippen molar-refractivity contribution in [1.29, 1.82) is 5.26 Å². The number of rotatable bonds is 2. The smallest absolute Gasteiger partial charge is 0.0670 e. The highest BCUT2D eigenvalue weighted by atomic mass is 14.7. The van der Waals surface area contributed by atoms with Crippen LogP contribution in [0.4, 0.5) is 0 Å². The maximum Gasteiger partial charge on any atom is 0.0670 e. The fraction of sp³-hybridized carbons (Fsp3) is 0.0667. The van der Waals surface area contributed by atoms with Crippen molar-refractivity contribution < 1.29 is 0 Å². The fourth-order valence-electron chi connectivity index (χ4n) is 2.13. The minimum atomic E-state index is 0.437. The molecule has 3 heteroatoms. The molecule has 0 radical (unpaired) electrons. The Bertz CT molecular complexity index is 720. The largest absolute Gasteiger partial charge is 0.361 e. The van der Waals surface area contributed by atoms with E-state index >= 15 is 0 Å². The summed E-state index contributed by atoms with van der Waals surface area (Å²) in [5, 5.41) is 9.87. The molecule has 18 heavy (non-hydrogen) atoms. The molecule has 0 aliphatic heterocycles. The third-order valence-corrected chi connectivity index (χ3v) is 3.03. The van der Waals surface area contributed by atoms with Gasteiger partial charge in [0.05, 0.1) is 12.5 Å². The molecule has 0 fully saturated rings. The maximum atomic E-state index is 8.76. The molecule has 3 aromatic rings. The second-order valence-corrected chi connectivity index (χ2v) is 4.15. The van der Waals surface area contributed by atoms with Crippen molar-refractivity contribution in [2.75, 3.05) is 0 Å². The van der Waals surface area contributed by atoms with Crippen LogP contribution in [-0.2, 0) is 6.42 Å². The lowest BCUT2D eigenvalue weighted by molar-refractivity contribution is 1.28. The molecule has 0 amide bonds. The quantitative estimate of drug-likeness (QED) is 0.738. The molecular weight excluding hydrogens is 222 g/mol. The summed E-state index contributed by atoms with van der Waals surface area (Å²) in [6.45, 7) is 0. The van der Waals surface area contributed by atoms with Crippen LogP contribution in [0.2, 0.25) is 0 Å². The van der Waals surface area contributed by atoms with Crippen molar-refractivity contribution in [2.45, 2.75) is 6.42 Å². The minimum Gasteiger partial charge on any atom is -0.361 e. The van der Waals surface area contributed by atoms with Crippen molar-refractivity contribution >= 4 is 10.9 Å². The monoisotopic (exact) mass is 233 g/mol. The molecule has 2 heterocycles. The highest BCUT2D eigenvalue weighted by Gasteiger charge is 2.05. The summed E-state index contributed by atoms with van der Waals surface area (Å²) < 4.78 is 0. The van der Waals surface area contributed by atoms with Crippen LogP contribution < -0.4 is 0 Å². The van der Waals surface area contributed by atoms with Crippen LogP contribution in [0, 0.1) is 11.3 Å². The lowest BCUT2D eigenvalue weighted by Gasteiger charge is -2.01. The Morgan fingerprint density at radius 2 is 2.17 bits per heavy atom. The molecule has 86 valence electrons. The second kappa shape index (κ2) is 4.34. The molecule has 3 nitrogen and oxygen atoms in total. The highest BCUT2D eigenvalue weighted by molar-refractivity contribution is 5.87. The van der Waals surface area contributed by atoms with Crippen LogP contribution >= 0.6 is 0 Å². The number of nitriles is 1. The number of H-pyrrole nitrogens is 1. The fourth-order valence-corrected chi connectivity index (χ4v) is 2.13. The van der Waals surface area contributed by atoms with Gasteiger partial charge in [-0.3, -0.25) is 4.98 Å². The van der Waals surface area contributed by atoms with Crippen LogP contribution in [0.3, 0.4) is 0 Å². The van der Waals surface area contributed by atoms with Crippen LogP contribution in [0.15, 0.2) is 48.9 Å². The molecule has 1 aromatic carbocycles.